The molecule has 1 rings (SSSR count). The third-order valence-electron chi connectivity index (χ3n) is 1.61. The molecule has 0 saturated carbocycles. The quantitative estimate of drug-likeness (QED) is 0.438. The number of carbonyl (C=O) groups is 1. The summed E-state index contributed by atoms with van der Waals surface area (Å²) in [6, 6.07) is -0.478. The molecule has 0 aromatic heterocycles. The molecule has 2 amide bonds. The number of nitrogens with one attached hydrogen (secondary N) is 2. The third kappa shape index (κ3) is 2.89. The predicted octanol–water partition coefficient (Wildman–Crippen LogP) is -0.274. The van der Waals surface area contributed by atoms with Crippen molar-refractivity contribution in [2.45, 2.75) is 12.8 Å². The van der Waals surface area contributed by atoms with Crippen molar-refractivity contribution in [2.75, 3.05) is 13.1 Å². The van der Waals surface area contributed by atoms with E-state index < -0.39 is 6.03 Å². The van der Waals surface area contributed by atoms with E-state index in [4.69, 9.17) is 5.73 Å². The van der Waals surface area contributed by atoms with E-state index in [9.17, 15) is 4.79 Å². The summed E-state index contributed by atoms with van der Waals surface area (Å²) >= 11 is 0. The van der Waals surface area contributed by atoms with E-state index in [1.807, 2.05) is 12.2 Å². The van der Waals surface area contributed by atoms with Crippen LogP contribution in [-0.2, 0) is 0 Å². The molecule has 0 aromatic rings. The molecule has 1 aliphatic rings. The van der Waals surface area contributed by atoms with Crippen molar-refractivity contribution in [3.8, 4) is 0 Å². The fourth-order valence-electron chi connectivity index (χ4n) is 0.948. The number of rotatable bonds is 0. The normalized spacial score (nSPS) is 22.2. The maximum absolute atomic E-state index is 10.7. The van der Waals surface area contributed by atoms with Gasteiger partial charge in [-0.25, -0.2) is 15.2 Å². The zero-order valence-corrected chi connectivity index (χ0v) is 6.92. The van der Waals surface area contributed by atoms with E-state index in [1.54, 1.807) is 0 Å². The number of nitrogens with zero attached hydrogens (tertiary/aromatic N) is 1. The monoisotopic (exact) mass is 170 g/mol. The number of carbonyl (C=O) groups excluding carboxylic acids is 1. The molecule has 68 valence electrons. The molecule has 0 atom stereocenters. The molecule has 1 heterocycles. The fraction of sp³-hybridized carbons (Fsp3) is 0.571. The molecular weight excluding hydrogens is 156 g/mol. The number of urea groups is 1. The van der Waals surface area contributed by atoms with Crippen LogP contribution in [0.4, 0.5) is 4.79 Å². The molecule has 0 radical (unpaired) electrons. The van der Waals surface area contributed by atoms with Crippen molar-refractivity contribution in [3.63, 3.8) is 0 Å². The molecule has 12 heavy (non-hydrogen) atoms. The van der Waals surface area contributed by atoms with Crippen molar-refractivity contribution in [1.29, 1.82) is 0 Å². The maximum atomic E-state index is 10.7. The van der Waals surface area contributed by atoms with Crippen LogP contribution >= 0.6 is 0 Å². The number of hydrogen-bond donors (Lipinski definition) is 3. The summed E-state index contributed by atoms with van der Waals surface area (Å²) in [5.74, 6) is 0. The highest BCUT2D eigenvalue weighted by molar-refractivity contribution is 5.71. The molecule has 0 bridgehead atoms. The Kier molecular flexibility index (Phi) is 3.56. The van der Waals surface area contributed by atoms with Crippen molar-refractivity contribution in [3.05, 3.63) is 12.2 Å². The first kappa shape index (κ1) is 9.02. The van der Waals surface area contributed by atoms with Crippen LogP contribution in [0.5, 0.6) is 0 Å². The minimum absolute atomic E-state index is 0.478. The van der Waals surface area contributed by atoms with Crippen LogP contribution in [-0.4, -0.2) is 24.1 Å². The van der Waals surface area contributed by atoms with Crippen LogP contribution in [0.25, 0.3) is 0 Å². The number of primary amides is 1. The van der Waals surface area contributed by atoms with Crippen molar-refractivity contribution >= 4 is 6.03 Å². The topological polar surface area (TPSA) is 70.4 Å². The second-order valence-electron chi connectivity index (χ2n) is 2.60. The van der Waals surface area contributed by atoms with Crippen LogP contribution in [0.1, 0.15) is 12.8 Å². The Morgan fingerprint density at radius 3 is 3.08 bits per heavy atom. The average Bonchev–Trinajstić information content (AvgIpc) is 2.15. The van der Waals surface area contributed by atoms with Crippen molar-refractivity contribution in [2.24, 2.45) is 5.73 Å². The molecule has 4 N–H and O–H groups in total. The molecule has 0 unspecified atom stereocenters. The van der Waals surface area contributed by atoms with Crippen LogP contribution in [0.3, 0.4) is 0 Å². The first-order valence-electron chi connectivity index (χ1n) is 4.01. The SMILES string of the molecule is NC(=O)N1C/C=C\CCCNN1. The van der Waals surface area contributed by atoms with Gasteiger partial charge in [-0.3, -0.25) is 0 Å². The zero-order valence-electron chi connectivity index (χ0n) is 6.92. The van der Waals surface area contributed by atoms with E-state index in [2.05, 4.69) is 11.0 Å². The number of hydrogen-bond acceptors (Lipinski definition) is 3. The lowest BCUT2D eigenvalue weighted by atomic mass is 10.3. The minimum atomic E-state index is -0.478. The standard InChI is InChI=1S/C7H14N4O/c8-7(12)11-6-4-2-1-3-5-9-10-11/h2,4,9-10H,1,3,5-6H2,(H2,8,12)/b4-2-. The number of amides is 2. The summed E-state index contributed by atoms with van der Waals surface area (Å²) in [5, 5.41) is 1.32. The van der Waals surface area contributed by atoms with Gasteiger partial charge in [-0.2, -0.15) is 5.53 Å². The first-order chi connectivity index (χ1) is 5.80. The van der Waals surface area contributed by atoms with E-state index in [1.165, 1.54) is 5.01 Å². The number of allylic oxidation sites excluding steroid dienone is 1. The Hall–Kier alpha value is -1.07. The van der Waals surface area contributed by atoms with Gasteiger partial charge in [-0.1, -0.05) is 12.2 Å². The Labute approximate surface area is 71.5 Å². The van der Waals surface area contributed by atoms with E-state index in [-0.39, 0.29) is 0 Å². The smallest absolute Gasteiger partial charge is 0.330 e. The summed E-state index contributed by atoms with van der Waals surface area (Å²) in [6.07, 6.45) is 6.05. The summed E-state index contributed by atoms with van der Waals surface area (Å²) in [5.41, 5.74) is 10.7. The van der Waals surface area contributed by atoms with Crippen LogP contribution < -0.4 is 16.7 Å². The zero-order chi connectivity index (χ0) is 8.81. The minimum Gasteiger partial charge on any atom is -0.350 e. The van der Waals surface area contributed by atoms with Gasteiger partial charge in [0.15, 0.2) is 0 Å². The molecule has 0 aliphatic carbocycles. The molecular formula is C7H14N4O. The molecule has 0 spiro atoms. The summed E-state index contributed by atoms with van der Waals surface area (Å²) in [4.78, 5) is 10.7. The summed E-state index contributed by atoms with van der Waals surface area (Å²) in [7, 11) is 0. The van der Waals surface area contributed by atoms with E-state index >= 15 is 0 Å². The molecule has 5 nitrogen and oxygen atoms in total. The lowest BCUT2D eigenvalue weighted by Crippen LogP contribution is -2.52. The van der Waals surface area contributed by atoms with Crippen LogP contribution in [0, 0.1) is 0 Å². The molecule has 0 saturated heterocycles. The van der Waals surface area contributed by atoms with Crippen LogP contribution in [0.2, 0.25) is 0 Å². The summed E-state index contributed by atoms with van der Waals surface area (Å²) in [6.45, 7) is 1.33. The second kappa shape index (κ2) is 4.74. The van der Waals surface area contributed by atoms with Gasteiger partial charge in [0.25, 0.3) is 0 Å². The summed E-state index contributed by atoms with van der Waals surface area (Å²) < 4.78 is 0. The lowest BCUT2D eigenvalue weighted by molar-refractivity contribution is 0.172. The Balaban J connectivity index is 2.44. The third-order valence-corrected chi connectivity index (χ3v) is 1.61. The fourth-order valence-corrected chi connectivity index (χ4v) is 0.948. The number of hydrazine groups is 2. The van der Waals surface area contributed by atoms with Crippen molar-refractivity contribution in [1.82, 2.24) is 16.0 Å². The lowest BCUT2D eigenvalue weighted by Gasteiger charge is -2.19. The Bertz CT molecular complexity index is 180. The predicted molar refractivity (Wildman–Crippen MR) is 45.8 cm³/mol. The van der Waals surface area contributed by atoms with Gasteiger partial charge in [0.05, 0.1) is 6.54 Å². The highest BCUT2D eigenvalue weighted by atomic mass is 16.2. The molecule has 5 heteroatoms. The first-order valence-corrected chi connectivity index (χ1v) is 4.01. The molecule has 1 aliphatic heterocycles. The highest BCUT2D eigenvalue weighted by Crippen LogP contribution is 1.92. The van der Waals surface area contributed by atoms with E-state index in [0.717, 1.165) is 19.4 Å². The van der Waals surface area contributed by atoms with Gasteiger partial charge >= 0.3 is 6.03 Å². The highest BCUT2D eigenvalue weighted by Gasteiger charge is 2.06. The molecule has 0 aromatic carbocycles. The second-order valence-corrected chi connectivity index (χ2v) is 2.60. The van der Waals surface area contributed by atoms with Gasteiger partial charge < -0.3 is 5.73 Å². The van der Waals surface area contributed by atoms with Gasteiger partial charge in [-0.05, 0) is 12.8 Å². The number of nitrogens with two attached hydrogens (primary N) is 1. The Morgan fingerprint density at radius 2 is 2.33 bits per heavy atom. The average molecular weight is 170 g/mol. The van der Waals surface area contributed by atoms with Crippen LogP contribution in [0.15, 0.2) is 12.2 Å². The van der Waals surface area contributed by atoms with Gasteiger partial charge in [0.1, 0.15) is 0 Å². The Morgan fingerprint density at radius 1 is 1.50 bits per heavy atom. The van der Waals surface area contributed by atoms with E-state index in [0.29, 0.717) is 6.54 Å². The molecule has 0 fully saturated rings. The largest absolute Gasteiger partial charge is 0.350 e. The van der Waals surface area contributed by atoms with Gasteiger partial charge in [0, 0.05) is 6.54 Å². The van der Waals surface area contributed by atoms with Gasteiger partial charge in [-0.15, -0.1) is 0 Å². The maximum Gasteiger partial charge on any atom is 0.330 e. The van der Waals surface area contributed by atoms with Crippen molar-refractivity contribution < 1.29 is 4.79 Å². The van der Waals surface area contributed by atoms with Gasteiger partial charge in [0.2, 0.25) is 0 Å².